The molecule has 6 nitrogen and oxygen atoms in total. The summed E-state index contributed by atoms with van der Waals surface area (Å²) in [7, 11) is 1.66. The fraction of sp³-hybridized carbons (Fsp3) is 0.100. The summed E-state index contributed by atoms with van der Waals surface area (Å²) in [5, 5.41) is 6.09. The predicted molar refractivity (Wildman–Crippen MR) is 60.0 cm³/mol. The lowest BCUT2D eigenvalue weighted by Crippen LogP contribution is -2.27. The van der Waals surface area contributed by atoms with Crippen molar-refractivity contribution in [3.05, 3.63) is 36.2 Å². The van der Waals surface area contributed by atoms with Crippen LogP contribution in [0.25, 0.3) is 0 Å². The van der Waals surface area contributed by atoms with E-state index < -0.39 is 0 Å². The Kier molecular flexibility index (Phi) is 2.55. The number of benzene rings is 1. The molecule has 0 radical (unpaired) electrons. The number of aromatic nitrogens is 3. The number of rotatable bonds is 2. The SMILES string of the molecule is CN(C(=O)c1nc(N)n[nH]1)c1ccccc1. The van der Waals surface area contributed by atoms with E-state index in [1.807, 2.05) is 30.3 Å². The summed E-state index contributed by atoms with van der Waals surface area (Å²) in [6, 6.07) is 9.26. The van der Waals surface area contributed by atoms with Gasteiger partial charge in [-0.3, -0.25) is 9.89 Å². The van der Waals surface area contributed by atoms with E-state index in [2.05, 4.69) is 15.2 Å². The van der Waals surface area contributed by atoms with E-state index >= 15 is 0 Å². The van der Waals surface area contributed by atoms with Crippen LogP contribution in [-0.2, 0) is 0 Å². The Morgan fingerprint density at radius 2 is 2.06 bits per heavy atom. The Balaban J connectivity index is 2.23. The number of nitrogens with zero attached hydrogens (tertiary/aromatic N) is 3. The number of anilines is 2. The maximum absolute atomic E-state index is 11.9. The number of carbonyl (C=O) groups excluding carboxylic acids is 1. The van der Waals surface area contributed by atoms with E-state index in [0.29, 0.717) is 0 Å². The van der Waals surface area contributed by atoms with E-state index in [1.165, 1.54) is 4.90 Å². The molecule has 0 unspecified atom stereocenters. The number of aromatic amines is 1. The third-order valence-electron chi connectivity index (χ3n) is 2.15. The van der Waals surface area contributed by atoms with Gasteiger partial charge in [0.05, 0.1) is 0 Å². The fourth-order valence-corrected chi connectivity index (χ4v) is 1.30. The van der Waals surface area contributed by atoms with Crippen molar-refractivity contribution < 1.29 is 4.79 Å². The molecule has 0 fully saturated rings. The number of nitrogen functional groups attached to an aromatic ring is 1. The maximum Gasteiger partial charge on any atom is 0.295 e. The topological polar surface area (TPSA) is 87.9 Å². The van der Waals surface area contributed by atoms with Gasteiger partial charge in [-0.25, -0.2) is 0 Å². The van der Waals surface area contributed by atoms with Crippen LogP contribution in [0.3, 0.4) is 0 Å². The minimum absolute atomic E-state index is 0.0600. The lowest BCUT2D eigenvalue weighted by atomic mass is 10.3. The number of H-pyrrole nitrogens is 1. The minimum Gasteiger partial charge on any atom is -0.366 e. The Hall–Kier alpha value is -2.37. The molecule has 3 N–H and O–H groups in total. The summed E-state index contributed by atoms with van der Waals surface area (Å²) in [6.45, 7) is 0. The molecule has 2 aromatic rings. The largest absolute Gasteiger partial charge is 0.366 e. The van der Waals surface area contributed by atoms with Crippen molar-refractivity contribution in [2.45, 2.75) is 0 Å². The summed E-state index contributed by atoms with van der Waals surface area (Å²) in [5.41, 5.74) is 6.11. The van der Waals surface area contributed by atoms with Crippen molar-refractivity contribution in [1.82, 2.24) is 15.2 Å². The number of nitrogens with two attached hydrogens (primary N) is 1. The van der Waals surface area contributed by atoms with E-state index in [0.717, 1.165) is 5.69 Å². The zero-order valence-electron chi connectivity index (χ0n) is 8.71. The second-order valence-electron chi connectivity index (χ2n) is 3.24. The highest BCUT2D eigenvalue weighted by Crippen LogP contribution is 2.13. The summed E-state index contributed by atoms with van der Waals surface area (Å²) in [6.07, 6.45) is 0. The zero-order valence-corrected chi connectivity index (χ0v) is 8.71. The Labute approximate surface area is 92.1 Å². The lowest BCUT2D eigenvalue weighted by molar-refractivity contribution is 0.0983. The lowest BCUT2D eigenvalue weighted by Gasteiger charge is -2.14. The molecule has 0 bridgehead atoms. The van der Waals surface area contributed by atoms with E-state index in [1.54, 1.807) is 7.05 Å². The Bertz CT molecular complexity index is 493. The van der Waals surface area contributed by atoms with Crippen molar-refractivity contribution in [3.8, 4) is 0 Å². The normalized spacial score (nSPS) is 10.1. The minimum atomic E-state index is -0.282. The monoisotopic (exact) mass is 217 g/mol. The number of amides is 1. The number of nitrogens with one attached hydrogen (secondary N) is 1. The highest BCUT2D eigenvalue weighted by atomic mass is 16.2. The highest BCUT2D eigenvalue weighted by molar-refractivity contribution is 6.03. The van der Waals surface area contributed by atoms with Crippen LogP contribution in [0, 0.1) is 0 Å². The molecule has 82 valence electrons. The van der Waals surface area contributed by atoms with E-state index in [4.69, 9.17) is 5.73 Å². The summed E-state index contributed by atoms with van der Waals surface area (Å²) >= 11 is 0. The molecule has 1 amide bonds. The van der Waals surface area contributed by atoms with Gasteiger partial charge in [-0.05, 0) is 12.1 Å². The Morgan fingerprint density at radius 3 is 2.62 bits per heavy atom. The molecule has 16 heavy (non-hydrogen) atoms. The molecule has 0 saturated carbocycles. The first-order valence-corrected chi connectivity index (χ1v) is 4.69. The van der Waals surface area contributed by atoms with E-state index in [-0.39, 0.29) is 17.7 Å². The van der Waals surface area contributed by atoms with Crippen molar-refractivity contribution in [2.75, 3.05) is 17.7 Å². The third kappa shape index (κ3) is 1.85. The summed E-state index contributed by atoms with van der Waals surface area (Å²) in [5.74, 6) is -0.0935. The molecule has 0 aliphatic heterocycles. The van der Waals surface area contributed by atoms with Crippen LogP contribution >= 0.6 is 0 Å². The van der Waals surface area contributed by atoms with Gasteiger partial charge in [-0.2, -0.15) is 4.98 Å². The molecule has 0 saturated heterocycles. The molecular formula is C10H11N5O. The first kappa shape index (κ1) is 10.2. The first-order valence-electron chi connectivity index (χ1n) is 4.69. The average molecular weight is 217 g/mol. The van der Waals surface area contributed by atoms with Crippen molar-refractivity contribution in [1.29, 1.82) is 0 Å². The van der Waals surface area contributed by atoms with Gasteiger partial charge in [0.25, 0.3) is 5.91 Å². The smallest absolute Gasteiger partial charge is 0.295 e. The van der Waals surface area contributed by atoms with Gasteiger partial charge in [0.2, 0.25) is 11.8 Å². The Morgan fingerprint density at radius 1 is 1.38 bits per heavy atom. The summed E-state index contributed by atoms with van der Waals surface area (Å²) in [4.78, 5) is 17.1. The molecule has 1 heterocycles. The van der Waals surface area contributed by atoms with Gasteiger partial charge in [-0.1, -0.05) is 18.2 Å². The van der Waals surface area contributed by atoms with Crippen LogP contribution in [0.2, 0.25) is 0 Å². The molecule has 0 atom stereocenters. The van der Waals surface area contributed by atoms with Crippen LogP contribution in [0.15, 0.2) is 30.3 Å². The predicted octanol–water partition coefficient (Wildman–Crippen LogP) is 0.663. The van der Waals surface area contributed by atoms with Gasteiger partial charge >= 0.3 is 0 Å². The van der Waals surface area contributed by atoms with Crippen LogP contribution in [0.4, 0.5) is 11.6 Å². The molecular weight excluding hydrogens is 206 g/mol. The number of hydrogen-bond donors (Lipinski definition) is 2. The van der Waals surface area contributed by atoms with Crippen molar-refractivity contribution >= 4 is 17.5 Å². The van der Waals surface area contributed by atoms with Gasteiger partial charge in [0.1, 0.15) is 0 Å². The van der Waals surface area contributed by atoms with Gasteiger partial charge in [-0.15, -0.1) is 5.10 Å². The highest BCUT2D eigenvalue weighted by Gasteiger charge is 2.16. The fourth-order valence-electron chi connectivity index (χ4n) is 1.30. The first-order chi connectivity index (χ1) is 7.68. The number of carbonyl (C=O) groups is 1. The molecule has 0 spiro atoms. The number of hydrogen-bond acceptors (Lipinski definition) is 4. The van der Waals surface area contributed by atoms with Crippen LogP contribution in [0.5, 0.6) is 0 Å². The molecule has 1 aromatic carbocycles. The zero-order chi connectivity index (χ0) is 11.5. The van der Waals surface area contributed by atoms with Crippen LogP contribution < -0.4 is 10.6 Å². The summed E-state index contributed by atoms with van der Waals surface area (Å²) < 4.78 is 0. The standard InChI is InChI=1S/C10H11N5O/c1-15(7-5-3-2-4-6-7)9(16)8-12-10(11)14-13-8/h2-6H,1H3,(H3,11,12,13,14). The van der Waals surface area contributed by atoms with Crippen molar-refractivity contribution in [2.24, 2.45) is 0 Å². The van der Waals surface area contributed by atoms with Gasteiger partial charge in [0.15, 0.2) is 0 Å². The van der Waals surface area contributed by atoms with Crippen LogP contribution in [0.1, 0.15) is 10.6 Å². The second-order valence-corrected chi connectivity index (χ2v) is 3.24. The van der Waals surface area contributed by atoms with Gasteiger partial charge < -0.3 is 10.6 Å². The second kappa shape index (κ2) is 4.01. The molecule has 6 heteroatoms. The molecule has 0 aliphatic carbocycles. The third-order valence-corrected chi connectivity index (χ3v) is 2.15. The maximum atomic E-state index is 11.9. The number of para-hydroxylation sites is 1. The average Bonchev–Trinajstić information content (AvgIpc) is 2.75. The molecule has 2 rings (SSSR count). The van der Waals surface area contributed by atoms with Crippen molar-refractivity contribution in [3.63, 3.8) is 0 Å². The molecule has 0 aliphatic rings. The molecule has 1 aromatic heterocycles. The van der Waals surface area contributed by atoms with E-state index in [9.17, 15) is 4.79 Å². The van der Waals surface area contributed by atoms with Gasteiger partial charge in [0, 0.05) is 12.7 Å². The quantitative estimate of drug-likeness (QED) is 0.773. The van der Waals surface area contributed by atoms with Crippen LogP contribution in [-0.4, -0.2) is 28.1 Å².